The van der Waals surface area contributed by atoms with Crippen molar-refractivity contribution in [3.8, 4) is 0 Å². The second-order valence-electron chi connectivity index (χ2n) is 16.3. The second kappa shape index (κ2) is 37.2. The maximum Gasteiger partial charge on any atom is 0.472 e. The van der Waals surface area contributed by atoms with E-state index in [-0.39, 0.29) is 12.8 Å². The molecule has 0 aromatic heterocycles. The lowest BCUT2D eigenvalue weighted by molar-refractivity contribution is -0.220. The third kappa shape index (κ3) is 29.7. The summed E-state index contributed by atoms with van der Waals surface area (Å²) in [5.74, 6) is -1.13. The molecular formula is C47H83O13P. The van der Waals surface area contributed by atoms with Gasteiger partial charge < -0.3 is 39.9 Å². The first kappa shape index (κ1) is 56.8. The molecule has 61 heavy (non-hydrogen) atoms. The molecule has 354 valence electrons. The molecule has 0 radical (unpaired) electrons. The molecule has 0 aromatic carbocycles. The Labute approximate surface area is 367 Å². The van der Waals surface area contributed by atoms with Crippen LogP contribution in [0.3, 0.4) is 0 Å². The normalized spacial score (nSPS) is 22.4. The van der Waals surface area contributed by atoms with Gasteiger partial charge in [-0.2, -0.15) is 0 Å². The van der Waals surface area contributed by atoms with Crippen molar-refractivity contribution in [1.29, 1.82) is 0 Å². The fourth-order valence-corrected chi connectivity index (χ4v) is 7.81. The molecule has 13 nitrogen and oxygen atoms in total. The van der Waals surface area contributed by atoms with E-state index in [1.807, 2.05) is 0 Å². The van der Waals surface area contributed by atoms with E-state index >= 15 is 0 Å². The van der Waals surface area contributed by atoms with Crippen LogP contribution < -0.4 is 0 Å². The fraction of sp³-hybridized carbons (Fsp3) is 0.787. The van der Waals surface area contributed by atoms with Gasteiger partial charge in [0.25, 0.3) is 0 Å². The Bertz CT molecular complexity index is 1250. The van der Waals surface area contributed by atoms with E-state index in [1.54, 1.807) is 0 Å². The van der Waals surface area contributed by atoms with Crippen LogP contribution in [-0.2, 0) is 32.7 Å². The molecule has 0 heterocycles. The van der Waals surface area contributed by atoms with Gasteiger partial charge in [-0.3, -0.25) is 18.6 Å². The van der Waals surface area contributed by atoms with Crippen molar-refractivity contribution in [3.63, 3.8) is 0 Å². The van der Waals surface area contributed by atoms with Crippen LogP contribution in [0.25, 0.3) is 0 Å². The van der Waals surface area contributed by atoms with E-state index in [2.05, 4.69) is 62.5 Å². The van der Waals surface area contributed by atoms with Gasteiger partial charge in [0.2, 0.25) is 0 Å². The van der Waals surface area contributed by atoms with Crippen LogP contribution in [0.15, 0.2) is 48.6 Å². The van der Waals surface area contributed by atoms with E-state index in [0.717, 1.165) is 96.3 Å². The Morgan fingerprint density at radius 2 is 0.934 bits per heavy atom. The molecule has 1 rings (SSSR count). The Morgan fingerprint density at radius 1 is 0.525 bits per heavy atom. The van der Waals surface area contributed by atoms with E-state index in [9.17, 15) is 44.6 Å². The Kier molecular flexibility index (Phi) is 34.7. The summed E-state index contributed by atoms with van der Waals surface area (Å²) < 4.78 is 33.5. The molecule has 0 amide bonds. The number of rotatable bonds is 38. The van der Waals surface area contributed by atoms with Crippen LogP contribution in [0.2, 0.25) is 0 Å². The zero-order chi connectivity index (χ0) is 45.0. The number of hydrogen-bond acceptors (Lipinski definition) is 12. The summed E-state index contributed by atoms with van der Waals surface area (Å²) in [5.41, 5.74) is 0. The summed E-state index contributed by atoms with van der Waals surface area (Å²) in [4.78, 5) is 35.7. The van der Waals surface area contributed by atoms with Crippen molar-refractivity contribution in [2.24, 2.45) is 0 Å². The van der Waals surface area contributed by atoms with Gasteiger partial charge >= 0.3 is 19.8 Å². The molecule has 1 fully saturated rings. The minimum atomic E-state index is -5.12. The average molecular weight is 887 g/mol. The number of phosphoric ester groups is 1. The first-order valence-electron chi connectivity index (χ1n) is 23.5. The lowest BCUT2D eigenvalue weighted by Gasteiger charge is -2.41. The molecule has 14 heteroatoms. The second-order valence-corrected chi connectivity index (χ2v) is 17.7. The Balaban J connectivity index is 2.47. The predicted octanol–water partition coefficient (Wildman–Crippen LogP) is 9.17. The summed E-state index contributed by atoms with van der Waals surface area (Å²) >= 11 is 0. The smallest absolute Gasteiger partial charge is 0.462 e. The zero-order valence-electron chi connectivity index (χ0n) is 37.4. The Hall–Kier alpha value is -2.19. The third-order valence-corrected chi connectivity index (χ3v) is 11.7. The van der Waals surface area contributed by atoms with Gasteiger partial charge in [-0.05, 0) is 70.6 Å². The number of aliphatic hydroxyl groups excluding tert-OH is 5. The largest absolute Gasteiger partial charge is 0.472 e. The van der Waals surface area contributed by atoms with Crippen molar-refractivity contribution in [1.82, 2.24) is 0 Å². The van der Waals surface area contributed by atoms with Crippen molar-refractivity contribution in [3.05, 3.63) is 48.6 Å². The number of carbonyl (C=O) groups excluding carboxylic acids is 2. The van der Waals surface area contributed by atoms with Gasteiger partial charge in [-0.1, -0.05) is 146 Å². The number of phosphoric acid groups is 1. The minimum Gasteiger partial charge on any atom is -0.462 e. The summed E-state index contributed by atoms with van der Waals surface area (Å²) in [6.45, 7) is 3.23. The van der Waals surface area contributed by atoms with Crippen LogP contribution >= 0.6 is 7.82 Å². The van der Waals surface area contributed by atoms with Crippen molar-refractivity contribution in [2.45, 2.75) is 224 Å². The molecule has 0 aromatic rings. The van der Waals surface area contributed by atoms with Gasteiger partial charge in [-0.15, -0.1) is 0 Å². The summed E-state index contributed by atoms with van der Waals surface area (Å²) in [6, 6.07) is 0. The highest BCUT2D eigenvalue weighted by molar-refractivity contribution is 7.47. The van der Waals surface area contributed by atoms with E-state index in [0.29, 0.717) is 12.8 Å². The predicted molar refractivity (Wildman–Crippen MR) is 239 cm³/mol. The molecule has 0 bridgehead atoms. The number of carbonyl (C=O) groups is 2. The maximum absolute atomic E-state index is 12.8. The molecule has 0 saturated heterocycles. The van der Waals surface area contributed by atoms with E-state index in [4.69, 9.17) is 18.5 Å². The SMILES string of the molecule is CCCCC/C=C/C/C=C/CCCCCCCCCC(=O)O[C@H](COC(=O)CCCCCCC/C=C/C=C/CCCCCC)COP(=O)(O)OC1C(O)C(O)C(O)[C@H](O)C1O. The van der Waals surface area contributed by atoms with Gasteiger partial charge in [-0.25, -0.2) is 4.57 Å². The lowest BCUT2D eigenvalue weighted by Crippen LogP contribution is -2.64. The number of unbranched alkanes of at least 4 members (excludes halogenated alkanes) is 19. The fourth-order valence-electron chi connectivity index (χ4n) is 6.84. The molecule has 1 aliphatic carbocycles. The van der Waals surface area contributed by atoms with Crippen LogP contribution in [0, 0.1) is 0 Å². The van der Waals surface area contributed by atoms with Gasteiger partial charge in [0, 0.05) is 12.8 Å². The van der Waals surface area contributed by atoms with Crippen LogP contribution in [0.4, 0.5) is 0 Å². The van der Waals surface area contributed by atoms with Crippen molar-refractivity contribution >= 4 is 19.8 Å². The van der Waals surface area contributed by atoms with Crippen molar-refractivity contribution in [2.75, 3.05) is 13.2 Å². The molecule has 6 unspecified atom stereocenters. The molecule has 0 spiro atoms. The van der Waals surface area contributed by atoms with Gasteiger partial charge in [0.15, 0.2) is 6.10 Å². The van der Waals surface area contributed by atoms with Crippen LogP contribution in [-0.4, -0.2) is 98.3 Å². The summed E-state index contributed by atoms with van der Waals surface area (Å²) in [5, 5.41) is 50.1. The molecule has 8 atom stereocenters. The topological polar surface area (TPSA) is 210 Å². The highest BCUT2D eigenvalue weighted by atomic mass is 31.2. The number of hydrogen-bond donors (Lipinski definition) is 6. The molecule has 6 N–H and O–H groups in total. The highest BCUT2D eigenvalue weighted by Gasteiger charge is 2.51. The average Bonchev–Trinajstić information content (AvgIpc) is 3.24. The monoisotopic (exact) mass is 887 g/mol. The van der Waals surface area contributed by atoms with Crippen LogP contribution in [0.1, 0.15) is 181 Å². The number of aliphatic hydroxyl groups is 5. The van der Waals surface area contributed by atoms with E-state index < -0.39 is 75.7 Å². The third-order valence-electron chi connectivity index (χ3n) is 10.7. The van der Waals surface area contributed by atoms with Crippen molar-refractivity contribution < 1.29 is 63.1 Å². The standard InChI is InChI=1S/C47H83O13P/c1-3-5-7-9-11-13-15-17-19-20-22-24-26-28-30-32-34-36-41(49)59-39(38-58-61(55,56)60-47-45(53)43(51)42(50)44(52)46(47)54)37-57-40(48)35-33-31-29-27-25-23-21-18-16-14-12-10-8-6-4-2/h11,13-14,16-19,21,39,42-47,50-54H,3-10,12,15,20,22-38H2,1-2H3,(H,55,56)/b13-11+,16-14+,19-17+,21-18+/t39-,42?,43+,44?,45?,46?,47?/m1/s1. The highest BCUT2D eigenvalue weighted by Crippen LogP contribution is 2.47. The maximum atomic E-state index is 12.8. The zero-order valence-corrected chi connectivity index (χ0v) is 38.3. The molecular weight excluding hydrogens is 803 g/mol. The quantitative estimate of drug-likeness (QED) is 0.0112. The molecule has 0 aliphatic heterocycles. The van der Waals surface area contributed by atoms with E-state index in [1.165, 1.54) is 44.9 Å². The first-order valence-corrected chi connectivity index (χ1v) is 25.0. The van der Waals surface area contributed by atoms with Gasteiger partial charge in [0.1, 0.15) is 43.2 Å². The molecule has 1 aliphatic rings. The minimum absolute atomic E-state index is 0.0831. The first-order chi connectivity index (χ1) is 29.4. The number of esters is 2. The summed E-state index contributed by atoms with van der Waals surface area (Å²) in [7, 11) is -5.12. The number of allylic oxidation sites excluding steroid dienone is 8. The number of ether oxygens (including phenoxy) is 2. The Morgan fingerprint density at radius 3 is 1.46 bits per heavy atom. The molecule has 1 saturated carbocycles. The lowest BCUT2D eigenvalue weighted by atomic mass is 9.85. The summed E-state index contributed by atoms with van der Waals surface area (Å²) in [6.07, 6.45) is 30.1. The van der Waals surface area contributed by atoms with Crippen LogP contribution in [0.5, 0.6) is 0 Å². The van der Waals surface area contributed by atoms with Gasteiger partial charge in [0.05, 0.1) is 6.61 Å².